The summed E-state index contributed by atoms with van der Waals surface area (Å²) < 4.78 is 5.95. The van der Waals surface area contributed by atoms with Gasteiger partial charge in [0.25, 0.3) is 0 Å². The van der Waals surface area contributed by atoms with E-state index in [9.17, 15) is 4.79 Å². The summed E-state index contributed by atoms with van der Waals surface area (Å²) in [6.45, 7) is 4.21. The molecule has 2 heterocycles. The van der Waals surface area contributed by atoms with Gasteiger partial charge in [-0.05, 0) is 31.9 Å². The second-order valence-corrected chi connectivity index (χ2v) is 6.44. The van der Waals surface area contributed by atoms with E-state index in [-0.39, 0.29) is 12.1 Å². The SMILES string of the molecule is CCCCC(OC(=O)c1c[nH]c2ccccc12)C1CCCNC1. The van der Waals surface area contributed by atoms with Crippen molar-refractivity contribution in [3.05, 3.63) is 36.0 Å². The number of benzene rings is 1. The van der Waals surface area contributed by atoms with E-state index in [0.717, 1.165) is 56.1 Å². The average molecular weight is 314 g/mol. The zero-order chi connectivity index (χ0) is 16.1. The molecule has 2 unspecified atom stereocenters. The number of hydrogen-bond acceptors (Lipinski definition) is 3. The van der Waals surface area contributed by atoms with E-state index in [1.54, 1.807) is 6.20 Å². The van der Waals surface area contributed by atoms with E-state index in [4.69, 9.17) is 4.74 Å². The molecule has 0 saturated carbocycles. The molecule has 3 rings (SSSR count). The number of ether oxygens (including phenoxy) is 1. The summed E-state index contributed by atoms with van der Waals surface area (Å²) in [4.78, 5) is 15.8. The van der Waals surface area contributed by atoms with E-state index in [2.05, 4.69) is 17.2 Å². The number of carbonyl (C=O) groups is 1. The number of para-hydroxylation sites is 1. The molecule has 4 nitrogen and oxygen atoms in total. The molecule has 2 aromatic rings. The van der Waals surface area contributed by atoms with Crippen molar-refractivity contribution in [2.45, 2.75) is 45.1 Å². The van der Waals surface area contributed by atoms with Gasteiger partial charge >= 0.3 is 5.97 Å². The molecule has 0 amide bonds. The van der Waals surface area contributed by atoms with Crippen LogP contribution in [0.2, 0.25) is 0 Å². The molecule has 0 bridgehead atoms. The third-order valence-corrected chi connectivity index (χ3v) is 4.77. The molecule has 0 aliphatic carbocycles. The van der Waals surface area contributed by atoms with Crippen LogP contribution in [0, 0.1) is 5.92 Å². The topological polar surface area (TPSA) is 54.1 Å². The Kier molecular flexibility index (Phi) is 5.34. The van der Waals surface area contributed by atoms with Gasteiger partial charge in [-0.2, -0.15) is 0 Å². The van der Waals surface area contributed by atoms with E-state index in [0.29, 0.717) is 11.5 Å². The highest BCUT2D eigenvalue weighted by atomic mass is 16.5. The van der Waals surface area contributed by atoms with Crippen LogP contribution in [0.25, 0.3) is 10.9 Å². The van der Waals surface area contributed by atoms with Gasteiger partial charge in [0.05, 0.1) is 5.56 Å². The normalized spacial score (nSPS) is 19.6. The van der Waals surface area contributed by atoms with E-state index < -0.39 is 0 Å². The number of aromatic nitrogens is 1. The lowest BCUT2D eigenvalue weighted by molar-refractivity contribution is 0.00672. The van der Waals surface area contributed by atoms with Crippen molar-refractivity contribution in [3.8, 4) is 0 Å². The Morgan fingerprint density at radius 2 is 2.26 bits per heavy atom. The van der Waals surface area contributed by atoms with Crippen LogP contribution in [0.15, 0.2) is 30.5 Å². The maximum Gasteiger partial charge on any atom is 0.340 e. The number of carbonyl (C=O) groups excluding carboxylic acids is 1. The van der Waals surface area contributed by atoms with Gasteiger partial charge in [-0.3, -0.25) is 0 Å². The quantitative estimate of drug-likeness (QED) is 0.796. The van der Waals surface area contributed by atoms with Gasteiger partial charge in [0.1, 0.15) is 6.10 Å². The average Bonchev–Trinajstić information content (AvgIpc) is 3.03. The first-order chi connectivity index (χ1) is 11.3. The van der Waals surface area contributed by atoms with Crippen molar-refractivity contribution < 1.29 is 9.53 Å². The van der Waals surface area contributed by atoms with E-state index in [1.165, 1.54) is 0 Å². The lowest BCUT2D eigenvalue weighted by Gasteiger charge is -2.30. The summed E-state index contributed by atoms with van der Waals surface area (Å²) >= 11 is 0. The van der Waals surface area contributed by atoms with Crippen LogP contribution in [-0.2, 0) is 4.74 Å². The smallest absolute Gasteiger partial charge is 0.340 e. The van der Waals surface area contributed by atoms with Crippen LogP contribution in [0.4, 0.5) is 0 Å². The summed E-state index contributed by atoms with van der Waals surface area (Å²) in [5, 5.41) is 4.37. The molecule has 2 atom stereocenters. The maximum absolute atomic E-state index is 12.7. The number of unbranched alkanes of at least 4 members (excludes halogenated alkanes) is 1. The van der Waals surface area contributed by atoms with Crippen LogP contribution in [0.5, 0.6) is 0 Å². The molecule has 124 valence electrons. The number of H-pyrrole nitrogens is 1. The summed E-state index contributed by atoms with van der Waals surface area (Å²) in [5.74, 6) is 0.235. The van der Waals surface area contributed by atoms with Crippen molar-refractivity contribution in [3.63, 3.8) is 0 Å². The Morgan fingerprint density at radius 1 is 1.39 bits per heavy atom. The first-order valence-electron chi connectivity index (χ1n) is 8.77. The highest BCUT2D eigenvalue weighted by Gasteiger charge is 2.27. The molecule has 0 spiro atoms. The predicted molar refractivity (Wildman–Crippen MR) is 92.6 cm³/mol. The third-order valence-electron chi connectivity index (χ3n) is 4.77. The van der Waals surface area contributed by atoms with E-state index >= 15 is 0 Å². The van der Waals surface area contributed by atoms with Crippen LogP contribution < -0.4 is 5.32 Å². The summed E-state index contributed by atoms with van der Waals surface area (Å²) in [6.07, 6.45) is 7.27. The fourth-order valence-electron chi connectivity index (χ4n) is 3.43. The van der Waals surface area contributed by atoms with Gasteiger partial charge in [0.2, 0.25) is 0 Å². The molecule has 1 aliphatic heterocycles. The first-order valence-corrected chi connectivity index (χ1v) is 8.77. The zero-order valence-corrected chi connectivity index (χ0v) is 13.8. The minimum absolute atomic E-state index is 0.0175. The number of piperidine rings is 1. The number of hydrogen-bond donors (Lipinski definition) is 2. The molecular formula is C19H26N2O2. The van der Waals surface area contributed by atoms with Crippen LogP contribution in [0.1, 0.15) is 49.4 Å². The largest absolute Gasteiger partial charge is 0.458 e. The molecule has 1 fully saturated rings. The second kappa shape index (κ2) is 7.64. The van der Waals surface area contributed by atoms with Crippen molar-refractivity contribution in [1.82, 2.24) is 10.3 Å². The molecule has 1 aliphatic rings. The molecule has 1 aromatic heterocycles. The minimum Gasteiger partial charge on any atom is -0.458 e. The Labute approximate surface area is 137 Å². The summed E-state index contributed by atoms with van der Waals surface area (Å²) in [5.41, 5.74) is 1.62. The fraction of sp³-hybridized carbons (Fsp3) is 0.526. The summed E-state index contributed by atoms with van der Waals surface area (Å²) in [7, 11) is 0. The Bertz CT molecular complexity index is 644. The number of nitrogens with one attached hydrogen (secondary N) is 2. The van der Waals surface area contributed by atoms with Gasteiger partial charge in [-0.15, -0.1) is 0 Å². The zero-order valence-electron chi connectivity index (χ0n) is 13.8. The number of esters is 1. The molecule has 4 heteroatoms. The fourth-order valence-corrected chi connectivity index (χ4v) is 3.43. The molecular weight excluding hydrogens is 288 g/mol. The molecule has 1 saturated heterocycles. The predicted octanol–water partition coefficient (Wildman–Crippen LogP) is 3.88. The van der Waals surface area contributed by atoms with Crippen molar-refractivity contribution >= 4 is 16.9 Å². The molecule has 2 N–H and O–H groups in total. The lowest BCUT2D eigenvalue weighted by Crippen LogP contribution is -2.39. The van der Waals surface area contributed by atoms with E-state index in [1.807, 2.05) is 24.3 Å². The van der Waals surface area contributed by atoms with Gasteiger partial charge in [0, 0.05) is 29.6 Å². The minimum atomic E-state index is -0.200. The van der Waals surface area contributed by atoms with Crippen LogP contribution in [0.3, 0.4) is 0 Å². The van der Waals surface area contributed by atoms with Crippen molar-refractivity contribution in [1.29, 1.82) is 0 Å². The van der Waals surface area contributed by atoms with Crippen molar-refractivity contribution in [2.75, 3.05) is 13.1 Å². The maximum atomic E-state index is 12.7. The summed E-state index contributed by atoms with van der Waals surface area (Å²) in [6, 6.07) is 7.86. The standard InChI is InChI=1S/C19H26N2O2/c1-2-3-10-18(14-7-6-11-20-12-14)23-19(22)16-13-21-17-9-5-4-8-15(16)17/h4-5,8-9,13-14,18,20-21H,2-3,6-7,10-12H2,1H3. The lowest BCUT2D eigenvalue weighted by atomic mass is 9.90. The van der Waals surface area contributed by atoms with Gasteiger partial charge < -0.3 is 15.0 Å². The van der Waals surface area contributed by atoms with Gasteiger partial charge in [-0.25, -0.2) is 4.79 Å². The molecule has 23 heavy (non-hydrogen) atoms. The highest BCUT2D eigenvalue weighted by Crippen LogP contribution is 2.25. The monoisotopic (exact) mass is 314 g/mol. The second-order valence-electron chi connectivity index (χ2n) is 6.44. The number of aromatic amines is 1. The number of rotatable bonds is 6. The molecule has 0 radical (unpaired) electrons. The number of fused-ring (bicyclic) bond motifs is 1. The Hall–Kier alpha value is -1.81. The van der Waals surface area contributed by atoms with Crippen LogP contribution >= 0.6 is 0 Å². The third kappa shape index (κ3) is 3.75. The van der Waals surface area contributed by atoms with Crippen molar-refractivity contribution in [2.24, 2.45) is 5.92 Å². The van der Waals surface area contributed by atoms with Gasteiger partial charge in [0.15, 0.2) is 0 Å². The first kappa shape index (κ1) is 16.1. The Balaban J connectivity index is 1.74. The van der Waals surface area contributed by atoms with Gasteiger partial charge in [-0.1, -0.05) is 38.0 Å². The van der Waals surface area contributed by atoms with Crippen LogP contribution in [-0.4, -0.2) is 30.1 Å². The molecule has 1 aromatic carbocycles. The Morgan fingerprint density at radius 3 is 3.04 bits per heavy atom. The highest BCUT2D eigenvalue weighted by molar-refractivity contribution is 6.04.